The zero-order chi connectivity index (χ0) is 11.8. The molecule has 0 aromatic rings. The van der Waals surface area contributed by atoms with Crippen molar-refractivity contribution >= 4 is 35.4 Å². The fourth-order valence-corrected chi connectivity index (χ4v) is 1.95. The average Bonchev–Trinajstić information content (AvgIpc) is 2.17. The number of hydrogen-bond donors (Lipinski definition) is 3. The summed E-state index contributed by atoms with van der Waals surface area (Å²) in [7, 11) is 0. The summed E-state index contributed by atoms with van der Waals surface area (Å²) >= 11 is 2.81. The third kappa shape index (κ3) is 5.91. The molecule has 88 valence electrons. The van der Waals surface area contributed by atoms with Crippen molar-refractivity contribution in [3.63, 3.8) is 0 Å². The lowest BCUT2D eigenvalue weighted by Gasteiger charge is -2.16. The van der Waals surface area contributed by atoms with E-state index in [1.54, 1.807) is 6.26 Å². The number of thioether (sulfide) groups is 2. The summed E-state index contributed by atoms with van der Waals surface area (Å²) in [5.74, 6) is -0.621. The van der Waals surface area contributed by atoms with Crippen LogP contribution in [0.2, 0.25) is 0 Å². The molecule has 7 heteroatoms. The molecule has 0 heterocycles. The van der Waals surface area contributed by atoms with Crippen LogP contribution >= 0.6 is 23.5 Å². The number of aliphatic carboxylic acids is 1. The molecule has 0 aromatic carbocycles. The Labute approximate surface area is 97.5 Å². The summed E-state index contributed by atoms with van der Waals surface area (Å²) in [4.78, 5) is 22.1. The van der Waals surface area contributed by atoms with Crippen molar-refractivity contribution in [3.8, 4) is 0 Å². The van der Waals surface area contributed by atoms with Crippen molar-refractivity contribution in [1.29, 1.82) is 0 Å². The first-order valence-corrected chi connectivity index (χ1v) is 7.08. The molecule has 0 aliphatic rings. The first kappa shape index (κ1) is 14.6. The van der Waals surface area contributed by atoms with Gasteiger partial charge in [0.25, 0.3) is 0 Å². The molecule has 0 saturated carbocycles. The Morgan fingerprint density at radius 1 is 1.33 bits per heavy atom. The van der Waals surface area contributed by atoms with Gasteiger partial charge in [0, 0.05) is 11.5 Å². The largest absolute Gasteiger partial charge is 0.480 e. The third-order valence-electron chi connectivity index (χ3n) is 1.63. The third-order valence-corrected chi connectivity index (χ3v) is 2.99. The van der Waals surface area contributed by atoms with Crippen LogP contribution in [-0.4, -0.2) is 53.1 Å². The van der Waals surface area contributed by atoms with Crippen molar-refractivity contribution < 1.29 is 14.7 Å². The number of amides is 1. The number of nitrogens with one attached hydrogen (secondary N) is 1. The van der Waals surface area contributed by atoms with Crippen LogP contribution in [0.25, 0.3) is 0 Å². The van der Waals surface area contributed by atoms with Gasteiger partial charge in [0.2, 0.25) is 5.91 Å². The van der Waals surface area contributed by atoms with Crippen molar-refractivity contribution in [2.75, 3.05) is 24.0 Å². The van der Waals surface area contributed by atoms with Crippen LogP contribution in [0.4, 0.5) is 0 Å². The number of rotatable bonds is 7. The highest BCUT2D eigenvalue weighted by Crippen LogP contribution is 2.00. The van der Waals surface area contributed by atoms with Crippen LogP contribution in [0.5, 0.6) is 0 Å². The Kier molecular flexibility index (Phi) is 7.63. The normalized spacial score (nSPS) is 14.3. The van der Waals surface area contributed by atoms with Gasteiger partial charge in [0.1, 0.15) is 6.04 Å². The van der Waals surface area contributed by atoms with E-state index >= 15 is 0 Å². The number of nitrogens with two attached hydrogens (primary N) is 1. The topological polar surface area (TPSA) is 92.4 Å². The minimum atomic E-state index is -1.03. The van der Waals surface area contributed by atoms with Gasteiger partial charge in [-0.25, -0.2) is 4.79 Å². The zero-order valence-electron chi connectivity index (χ0n) is 8.73. The van der Waals surface area contributed by atoms with E-state index in [4.69, 9.17) is 10.8 Å². The number of hydrogen-bond acceptors (Lipinski definition) is 5. The molecular formula is C8H16N2O3S2. The number of carboxylic acid groups (broad SMARTS) is 1. The van der Waals surface area contributed by atoms with E-state index in [0.29, 0.717) is 11.5 Å². The molecule has 4 N–H and O–H groups in total. The highest BCUT2D eigenvalue weighted by molar-refractivity contribution is 7.98. The highest BCUT2D eigenvalue weighted by Gasteiger charge is 2.22. The molecule has 5 nitrogen and oxygen atoms in total. The van der Waals surface area contributed by atoms with Crippen LogP contribution in [-0.2, 0) is 9.59 Å². The van der Waals surface area contributed by atoms with Gasteiger partial charge in [0.15, 0.2) is 0 Å². The van der Waals surface area contributed by atoms with Gasteiger partial charge in [-0.2, -0.15) is 23.5 Å². The molecule has 0 bridgehead atoms. The van der Waals surface area contributed by atoms with E-state index in [1.807, 2.05) is 6.26 Å². The molecule has 0 aromatic heterocycles. The molecule has 0 saturated heterocycles. The molecule has 1 amide bonds. The Bertz CT molecular complexity index is 226. The molecule has 2 atom stereocenters. The van der Waals surface area contributed by atoms with Crippen molar-refractivity contribution in [2.24, 2.45) is 5.73 Å². The summed E-state index contributed by atoms with van der Waals surface area (Å²) in [6.45, 7) is 0. The quantitative estimate of drug-likeness (QED) is 0.571. The van der Waals surface area contributed by atoms with Crippen LogP contribution in [0.15, 0.2) is 0 Å². The van der Waals surface area contributed by atoms with Crippen molar-refractivity contribution in [3.05, 3.63) is 0 Å². The van der Waals surface area contributed by atoms with Gasteiger partial charge in [-0.1, -0.05) is 0 Å². The smallest absolute Gasteiger partial charge is 0.327 e. The summed E-state index contributed by atoms with van der Waals surface area (Å²) in [5, 5.41) is 11.2. The van der Waals surface area contributed by atoms with Gasteiger partial charge < -0.3 is 16.2 Å². The van der Waals surface area contributed by atoms with E-state index in [9.17, 15) is 9.59 Å². The second-order valence-corrected chi connectivity index (χ2v) is 4.74. The summed E-state index contributed by atoms with van der Waals surface area (Å²) in [6.07, 6.45) is 3.62. The molecular weight excluding hydrogens is 236 g/mol. The van der Waals surface area contributed by atoms with Gasteiger partial charge in [-0.3, -0.25) is 4.79 Å². The van der Waals surface area contributed by atoms with Gasteiger partial charge >= 0.3 is 5.97 Å². The van der Waals surface area contributed by atoms with E-state index < -0.39 is 24.0 Å². The van der Waals surface area contributed by atoms with Crippen LogP contribution in [0, 0.1) is 0 Å². The SMILES string of the molecule is CSCC(N)C(=O)NC(CSC)C(=O)O. The average molecular weight is 252 g/mol. The number of carbonyl (C=O) groups excluding carboxylic acids is 1. The minimum Gasteiger partial charge on any atom is -0.480 e. The Hall–Kier alpha value is -0.400. The minimum absolute atomic E-state index is 0.340. The molecule has 0 aliphatic heterocycles. The summed E-state index contributed by atoms with van der Waals surface area (Å²) < 4.78 is 0. The van der Waals surface area contributed by atoms with E-state index in [-0.39, 0.29) is 0 Å². The van der Waals surface area contributed by atoms with Crippen LogP contribution in [0.1, 0.15) is 0 Å². The predicted octanol–water partition coefficient (Wildman–Crippen LogP) is -0.391. The van der Waals surface area contributed by atoms with E-state index in [2.05, 4.69) is 5.32 Å². The molecule has 0 radical (unpaired) electrons. The standard InChI is InChI=1S/C8H16N2O3S2/c1-14-3-5(9)7(11)10-6(4-15-2)8(12)13/h5-6H,3-4,9H2,1-2H3,(H,10,11)(H,12,13). The summed E-state index contributed by atoms with van der Waals surface area (Å²) in [6, 6.07) is -1.51. The van der Waals surface area contributed by atoms with Crippen molar-refractivity contribution in [1.82, 2.24) is 5.32 Å². The highest BCUT2D eigenvalue weighted by atomic mass is 32.2. The molecule has 0 spiro atoms. The van der Waals surface area contributed by atoms with E-state index in [1.165, 1.54) is 23.5 Å². The van der Waals surface area contributed by atoms with Gasteiger partial charge in [0.05, 0.1) is 6.04 Å². The molecule has 2 unspecified atom stereocenters. The lowest BCUT2D eigenvalue weighted by Crippen LogP contribution is -2.50. The maximum Gasteiger partial charge on any atom is 0.327 e. The van der Waals surface area contributed by atoms with Gasteiger partial charge in [-0.15, -0.1) is 0 Å². The lowest BCUT2D eigenvalue weighted by atomic mass is 10.3. The predicted molar refractivity (Wildman–Crippen MR) is 64.3 cm³/mol. The first-order valence-electron chi connectivity index (χ1n) is 4.29. The zero-order valence-corrected chi connectivity index (χ0v) is 10.4. The van der Waals surface area contributed by atoms with Gasteiger partial charge in [-0.05, 0) is 12.5 Å². The maximum atomic E-state index is 11.4. The molecule has 0 fully saturated rings. The Balaban J connectivity index is 4.15. The van der Waals surface area contributed by atoms with Crippen LogP contribution in [0.3, 0.4) is 0 Å². The van der Waals surface area contributed by atoms with Crippen LogP contribution < -0.4 is 11.1 Å². The lowest BCUT2D eigenvalue weighted by molar-refractivity contribution is -0.141. The number of carboxylic acids is 1. The maximum absolute atomic E-state index is 11.4. The molecule has 0 aliphatic carbocycles. The number of carbonyl (C=O) groups is 2. The fourth-order valence-electron chi connectivity index (χ4n) is 0.875. The second-order valence-electron chi connectivity index (χ2n) is 2.92. The Morgan fingerprint density at radius 3 is 2.27 bits per heavy atom. The fraction of sp³-hybridized carbons (Fsp3) is 0.750. The van der Waals surface area contributed by atoms with E-state index in [0.717, 1.165) is 0 Å². The Morgan fingerprint density at radius 2 is 1.87 bits per heavy atom. The first-order chi connectivity index (χ1) is 7.02. The molecule has 0 rings (SSSR count). The molecule has 15 heavy (non-hydrogen) atoms. The summed E-state index contributed by atoms with van der Waals surface area (Å²) in [5.41, 5.74) is 5.54. The van der Waals surface area contributed by atoms with Crippen molar-refractivity contribution in [2.45, 2.75) is 12.1 Å². The second kappa shape index (κ2) is 7.84. The monoisotopic (exact) mass is 252 g/mol.